The number of methoxy groups -OCH3 is 1. The van der Waals surface area contributed by atoms with Gasteiger partial charge in [0.2, 0.25) is 5.95 Å². The second-order valence-electron chi connectivity index (χ2n) is 9.74. The maximum Gasteiger partial charge on any atom is 0.233 e. The van der Waals surface area contributed by atoms with Gasteiger partial charge in [-0.25, -0.2) is 19.6 Å². The van der Waals surface area contributed by atoms with Crippen molar-refractivity contribution in [3.63, 3.8) is 0 Å². The van der Waals surface area contributed by atoms with Gasteiger partial charge in [0.25, 0.3) is 0 Å². The molecule has 6 rings (SSSR count). The molecule has 4 aromatic rings. The zero-order valence-electron chi connectivity index (χ0n) is 21.2. The molecular weight excluding hydrogens is 472 g/mol. The van der Waals surface area contributed by atoms with E-state index >= 15 is 0 Å². The molecule has 4 heterocycles. The van der Waals surface area contributed by atoms with E-state index in [0.29, 0.717) is 35.9 Å². The van der Waals surface area contributed by atoms with Gasteiger partial charge in [0.05, 0.1) is 25.5 Å². The van der Waals surface area contributed by atoms with Crippen LogP contribution in [0.15, 0.2) is 48.1 Å². The highest BCUT2D eigenvalue weighted by atomic mass is 16.7. The Balaban J connectivity index is 1.29. The van der Waals surface area contributed by atoms with Crippen molar-refractivity contribution in [2.45, 2.75) is 57.3 Å². The Morgan fingerprint density at radius 3 is 2.81 bits per heavy atom. The summed E-state index contributed by atoms with van der Waals surface area (Å²) < 4.78 is 15.6. The second kappa shape index (κ2) is 9.38. The Bertz CT molecular complexity index is 1440. The number of fused-ring (bicyclic) bond motifs is 1. The first kappa shape index (κ1) is 23.3. The molecule has 1 unspecified atom stereocenters. The Kier molecular flexibility index (Phi) is 5.90. The number of hydrogen-bond acceptors (Lipinski definition) is 9. The van der Waals surface area contributed by atoms with E-state index in [1.807, 2.05) is 49.0 Å². The van der Waals surface area contributed by atoms with Crippen molar-refractivity contribution < 1.29 is 14.3 Å². The fourth-order valence-corrected chi connectivity index (χ4v) is 5.11. The molecule has 2 aliphatic rings. The van der Waals surface area contributed by atoms with Crippen molar-refractivity contribution in [1.29, 1.82) is 0 Å². The van der Waals surface area contributed by atoms with Crippen LogP contribution < -0.4 is 14.8 Å². The first-order chi connectivity index (χ1) is 18.1. The molecule has 1 atom stereocenters. The number of imidazole rings is 1. The van der Waals surface area contributed by atoms with Crippen LogP contribution in [0.2, 0.25) is 0 Å². The monoisotopic (exact) mass is 502 g/mol. The van der Waals surface area contributed by atoms with Gasteiger partial charge in [-0.1, -0.05) is 5.16 Å². The van der Waals surface area contributed by atoms with E-state index in [4.69, 9.17) is 19.3 Å². The Labute approximate surface area is 214 Å². The molecule has 37 heavy (non-hydrogen) atoms. The van der Waals surface area contributed by atoms with Gasteiger partial charge in [-0.3, -0.25) is 4.57 Å². The van der Waals surface area contributed by atoms with Gasteiger partial charge < -0.3 is 19.6 Å². The van der Waals surface area contributed by atoms with E-state index in [1.54, 1.807) is 18.0 Å². The van der Waals surface area contributed by atoms with Gasteiger partial charge in [-0.15, -0.1) is 0 Å². The molecule has 11 heteroatoms. The summed E-state index contributed by atoms with van der Waals surface area (Å²) in [6.45, 7) is 2.51. The number of anilines is 1. The summed E-state index contributed by atoms with van der Waals surface area (Å²) in [6, 6.07) is 7.81. The predicted molar refractivity (Wildman–Crippen MR) is 139 cm³/mol. The number of benzene rings is 1. The highest BCUT2D eigenvalue weighted by Crippen LogP contribution is 2.36. The number of nitrogens with zero attached hydrogens (tertiary/aromatic N) is 7. The Morgan fingerprint density at radius 2 is 2.05 bits per heavy atom. The Morgan fingerprint density at radius 1 is 1.19 bits per heavy atom. The molecule has 0 spiro atoms. The molecule has 1 fully saturated rings. The van der Waals surface area contributed by atoms with Gasteiger partial charge in [-0.05, 0) is 56.9 Å². The number of oxime groups is 1. The van der Waals surface area contributed by atoms with Gasteiger partial charge >= 0.3 is 0 Å². The summed E-state index contributed by atoms with van der Waals surface area (Å²) >= 11 is 0. The summed E-state index contributed by atoms with van der Waals surface area (Å²) in [6.07, 6.45) is 10.5. The van der Waals surface area contributed by atoms with Crippen molar-refractivity contribution >= 4 is 22.7 Å². The van der Waals surface area contributed by atoms with Crippen LogP contribution in [0.4, 0.5) is 5.82 Å². The zero-order valence-corrected chi connectivity index (χ0v) is 21.2. The fraction of sp³-hybridized carbons (Fsp3) is 0.423. The van der Waals surface area contributed by atoms with Gasteiger partial charge in [0.1, 0.15) is 6.33 Å². The summed E-state index contributed by atoms with van der Waals surface area (Å²) in [5, 5.41) is 12.0. The molecule has 1 saturated carbocycles. The molecule has 11 nitrogen and oxygen atoms in total. The summed E-state index contributed by atoms with van der Waals surface area (Å²) in [5.41, 5.74) is 2.56. The normalized spacial score (nSPS) is 19.7. The van der Waals surface area contributed by atoms with Gasteiger partial charge in [0.15, 0.2) is 34.1 Å². The van der Waals surface area contributed by atoms with Crippen molar-refractivity contribution in [1.82, 2.24) is 29.3 Å². The van der Waals surface area contributed by atoms with E-state index < -0.39 is 5.60 Å². The average Bonchev–Trinajstić information content (AvgIpc) is 3.72. The number of rotatable bonds is 8. The smallest absolute Gasteiger partial charge is 0.233 e. The van der Waals surface area contributed by atoms with Crippen molar-refractivity contribution in [2.75, 3.05) is 19.5 Å². The van der Waals surface area contributed by atoms with E-state index in [2.05, 4.69) is 25.5 Å². The maximum atomic E-state index is 6.30. The van der Waals surface area contributed by atoms with Crippen molar-refractivity contribution in [2.24, 2.45) is 5.16 Å². The molecular formula is C26H30N8O3. The highest BCUT2D eigenvalue weighted by molar-refractivity contribution is 6.02. The number of nitrogens with one attached hydrogen (secondary N) is 1. The molecule has 0 radical (unpaired) electrons. The zero-order chi connectivity index (χ0) is 25.4. The molecule has 0 saturated heterocycles. The molecule has 1 aliphatic carbocycles. The molecule has 0 bridgehead atoms. The first-order valence-corrected chi connectivity index (χ1v) is 12.6. The van der Waals surface area contributed by atoms with Crippen LogP contribution >= 0.6 is 0 Å². The number of ether oxygens (including phenoxy) is 2. The van der Waals surface area contributed by atoms with Crippen LogP contribution in [0.25, 0.3) is 17.1 Å². The molecule has 3 aromatic heterocycles. The van der Waals surface area contributed by atoms with Crippen LogP contribution in [-0.2, 0) is 11.4 Å². The lowest BCUT2D eigenvalue weighted by molar-refractivity contribution is -0.0158. The van der Waals surface area contributed by atoms with Gasteiger partial charge in [0, 0.05) is 31.4 Å². The largest absolute Gasteiger partial charge is 0.493 e. The topological polar surface area (TPSA) is 114 Å². The van der Waals surface area contributed by atoms with Crippen LogP contribution in [0.5, 0.6) is 11.5 Å². The van der Waals surface area contributed by atoms with E-state index in [-0.39, 0.29) is 6.10 Å². The third-order valence-electron chi connectivity index (χ3n) is 6.96. The van der Waals surface area contributed by atoms with E-state index in [1.165, 1.54) is 19.2 Å². The standard InChI is InChI=1S/C26H30N8O3/c1-26(15-33-24-22(23(27-2)28-16-29-24)31-25(33)34-12-6-11-30-34)14-19(32-37-26)17-9-10-20(35-3)21(13-17)36-18-7-4-5-8-18/h6,9-13,16,18H,4-5,7-8,14-15H2,1-3H3,(H,27,28,29). The van der Waals surface area contributed by atoms with Crippen LogP contribution in [-0.4, -0.2) is 60.9 Å². The van der Waals surface area contributed by atoms with Gasteiger partial charge in [-0.2, -0.15) is 5.10 Å². The number of aromatic nitrogens is 6. The van der Waals surface area contributed by atoms with Crippen LogP contribution in [0.3, 0.4) is 0 Å². The molecule has 192 valence electrons. The minimum absolute atomic E-state index is 0.232. The quantitative estimate of drug-likeness (QED) is 0.385. The van der Waals surface area contributed by atoms with Crippen LogP contribution in [0.1, 0.15) is 44.6 Å². The molecule has 1 aliphatic heterocycles. The minimum Gasteiger partial charge on any atom is -0.493 e. The summed E-state index contributed by atoms with van der Waals surface area (Å²) in [5.74, 6) is 2.76. The minimum atomic E-state index is -0.623. The lowest BCUT2D eigenvalue weighted by Crippen LogP contribution is -2.32. The van der Waals surface area contributed by atoms with Crippen LogP contribution in [0, 0.1) is 0 Å². The third-order valence-corrected chi connectivity index (χ3v) is 6.96. The SMILES string of the molecule is CNc1ncnc2c1nc(-n1cccn1)n2CC1(C)CC(c2ccc(OC)c(OC3CCCC3)c2)=NO1. The average molecular weight is 503 g/mol. The summed E-state index contributed by atoms with van der Waals surface area (Å²) in [7, 11) is 3.48. The highest BCUT2D eigenvalue weighted by Gasteiger charge is 2.37. The second-order valence-corrected chi connectivity index (χ2v) is 9.74. The predicted octanol–water partition coefficient (Wildman–Crippen LogP) is 3.97. The third kappa shape index (κ3) is 4.34. The molecule has 1 N–H and O–H groups in total. The number of hydrogen-bond donors (Lipinski definition) is 1. The van der Waals surface area contributed by atoms with E-state index in [9.17, 15) is 0 Å². The fourth-order valence-electron chi connectivity index (χ4n) is 5.11. The summed E-state index contributed by atoms with van der Waals surface area (Å²) in [4.78, 5) is 19.7. The molecule has 0 amide bonds. The lowest BCUT2D eigenvalue weighted by atomic mass is 9.95. The van der Waals surface area contributed by atoms with Crippen molar-refractivity contribution in [3.05, 3.63) is 48.5 Å². The van der Waals surface area contributed by atoms with E-state index in [0.717, 1.165) is 35.6 Å². The first-order valence-electron chi connectivity index (χ1n) is 12.6. The maximum absolute atomic E-state index is 6.30. The Hall–Kier alpha value is -4.15. The molecule has 1 aromatic carbocycles. The van der Waals surface area contributed by atoms with Crippen molar-refractivity contribution in [3.8, 4) is 17.4 Å². The lowest BCUT2D eigenvalue weighted by Gasteiger charge is -2.23.